The zero-order chi connectivity index (χ0) is 20.5. The number of nitrogens with zero attached hydrogens (tertiary/aromatic N) is 1. The first-order valence-electron chi connectivity index (χ1n) is 9.38. The number of unbranched alkanes of at least 4 members (excludes halogenated alkanes) is 3. The highest BCUT2D eigenvalue weighted by atomic mass is 35.5. The molecule has 1 N–H and O–H groups in total. The number of allylic oxidation sites excluding steroid dienone is 2. The smallest absolute Gasteiger partial charge is 0.263 e. The van der Waals surface area contributed by atoms with Crippen molar-refractivity contribution in [1.82, 2.24) is 10.4 Å². The maximum absolute atomic E-state index is 13.0. The summed E-state index contributed by atoms with van der Waals surface area (Å²) >= 11 is 5.89. The van der Waals surface area contributed by atoms with Crippen LogP contribution in [0.3, 0.4) is 0 Å². The first-order chi connectivity index (χ1) is 13.4. The van der Waals surface area contributed by atoms with Gasteiger partial charge in [-0.1, -0.05) is 49.6 Å². The van der Waals surface area contributed by atoms with Crippen molar-refractivity contribution in [2.75, 3.05) is 0 Å². The zero-order valence-corrected chi connectivity index (χ0v) is 16.5. The lowest BCUT2D eigenvalue weighted by Gasteiger charge is -2.14. The van der Waals surface area contributed by atoms with Crippen LogP contribution in [0.4, 0.5) is 4.39 Å². The molecular weight excluding hydrogens is 383 g/mol. The van der Waals surface area contributed by atoms with Crippen LogP contribution in [0.1, 0.15) is 51.0 Å². The molecule has 1 heterocycles. The van der Waals surface area contributed by atoms with E-state index in [0.29, 0.717) is 12.0 Å². The van der Waals surface area contributed by atoms with Crippen molar-refractivity contribution in [2.24, 2.45) is 5.92 Å². The van der Waals surface area contributed by atoms with Gasteiger partial charge in [0, 0.05) is 12.5 Å². The molecule has 1 unspecified atom stereocenters. The molecule has 0 spiro atoms. The summed E-state index contributed by atoms with van der Waals surface area (Å²) in [4.78, 5) is 36.4. The van der Waals surface area contributed by atoms with Crippen LogP contribution in [0.25, 0.3) is 6.08 Å². The average Bonchev–Trinajstić information content (AvgIpc) is 2.91. The van der Waals surface area contributed by atoms with E-state index in [2.05, 4.69) is 12.3 Å². The second-order valence-electron chi connectivity index (χ2n) is 6.65. The first kappa shape index (κ1) is 21.8. The molecule has 1 saturated heterocycles. The molecule has 1 fully saturated rings. The van der Waals surface area contributed by atoms with Gasteiger partial charge in [0.1, 0.15) is 5.82 Å². The summed E-state index contributed by atoms with van der Waals surface area (Å²) in [5.41, 5.74) is 2.74. The minimum absolute atomic E-state index is 0.0753. The summed E-state index contributed by atoms with van der Waals surface area (Å²) in [7, 11) is 0. The summed E-state index contributed by atoms with van der Waals surface area (Å²) in [5.74, 6) is -2.42. The van der Waals surface area contributed by atoms with E-state index in [1.54, 1.807) is 0 Å². The molecule has 5 nitrogen and oxygen atoms in total. The Morgan fingerprint density at radius 3 is 2.82 bits per heavy atom. The molecule has 1 aromatic rings. The van der Waals surface area contributed by atoms with E-state index in [1.165, 1.54) is 24.6 Å². The van der Waals surface area contributed by atoms with Crippen LogP contribution in [0.15, 0.2) is 36.4 Å². The molecule has 1 aromatic carbocycles. The third-order valence-electron chi connectivity index (χ3n) is 4.40. The van der Waals surface area contributed by atoms with Gasteiger partial charge < -0.3 is 0 Å². The third kappa shape index (κ3) is 6.30. The maximum Gasteiger partial charge on any atom is 0.263 e. The molecule has 2 rings (SSSR count). The monoisotopic (exact) mass is 406 g/mol. The lowest BCUT2D eigenvalue weighted by Crippen LogP contribution is -2.45. The van der Waals surface area contributed by atoms with Gasteiger partial charge in [0.15, 0.2) is 0 Å². The average molecular weight is 407 g/mol. The van der Waals surface area contributed by atoms with Crippen molar-refractivity contribution in [3.63, 3.8) is 0 Å². The van der Waals surface area contributed by atoms with E-state index in [4.69, 9.17) is 11.6 Å². The van der Waals surface area contributed by atoms with Crippen LogP contribution >= 0.6 is 11.6 Å². The molecule has 0 aromatic heterocycles. The van der Waals surface area contributed by atoms with Crippen molar-refractivity contribution in [1.29, 1.82) is 0 Å². The predicted octanol–water partition coefficient (Wildman–Crippen LogP) is 4.43. The van der Waals surface area contributed by atoms with Crippen LogP contribution in [-0.2, 0) is 14.4 Å². The van der Waals surface area contributed by atoms with Crippen molar-refractivity contribution in [3.05, 3.63) is 52.8 Å². The van der Waals surface area contributed by atoms with Crippen molar-refractivity contribution < 1.29 is 18.8 Å². The Labute approximate surface area is 169 Å². The van der Waals surface area contributed by atoms with E-state index in [0.717, 1.165) is 36.4 Å². The second kappa shape index (κ2) is 10.8. The van der Waals surface area contributed by atoms with Crippen LogP contribution in [0.2, 0.25) is 5.02 Å². The van der Waals surface area contributed by atoms with E-state index in [-0.39, 0.29) is 11.4 Å². The fraction of sp³-hybridized carbons (Fsp3) is 0.381. The van der Waals surface area contributed by atoms with Gasteiger partial charge in [-0.15, -0.1) is 0 Å². The zero-order valence-electron chi connectivity index (χ0n) is 15.8. The molecular formula is C21H24ClFN2O3. The Hall–Kier alpha value is -2.47. The normalized spacial score (nSPS) is 17.2. The largest absolute Gasteiger partial charge is 0.273 e. The number of carbonyl (C=O) groups excluding carboxylic acids is 3. The summed E-state index contributed by atoms with van der Waals surface area (Å²) in [6, 6.07) is 3.78. The number of hydrazine groups is 1. The van der Waals surface area contributed by atoms with E-state index in [1.807, 2.05) is 12.2 Å². The van der Waals surface area contributed by atoms with Crippen LogP contribution < -0.4 is 5.43 Å². The Kier molecular flexibility index (Phi) is 8.39. The highest BCUT2D eigenvalue weighted by Gasteiger charge is 2.38. The molecule has 1 atom stereocenters. The highest BCUT2D eigenvalue weighted by Crippen LogP contribution is 2.22. The van der Waals surface area contributed by atoms with Gasteiger partial charge in [0.25, 0.3) is 11.8 Å². The fourth-order valence-corrected chi connectivity index (χ4v) is 3.07. The standard InChI is InChI=1S/C21H24ClFN2O3/c1-2-3-4-5-6-7-8-16-13-20(27)25(21(16)28)24-19(26)12-10-15-9-11-17(23)14-18(15)22/h6-7,9-12,14,16H,2-5,8,13H2,1H3,(H,24,26)/b7-6+,12-10+. The lowest BCUT2D eigenvalue weighted by atomic mass is 10.0. The van der Waals surface area contributed by atoms with Gasteiger partial charge in [-0.3, -0.25) is 19.8 Å². The van der Waals surface area contributed by atoms with E-state index < -0.39 is 29.5 Å². The maximum atomic E-state index is 13.0. The van der Waals surface area contributed by atoms with Gasteiger partial charge in [-0.25, -0.2) is 4.39 Å². The summed E-state index contributed by atoms with van der Waals surface area (Å²) in [6.45, 7) is 2.14. The number of imide groups is 1. The van der Waals surface area contributed by atoms with Gasteiger partial charge in [-0.05, 0) is 43.0 Å². The predicted molar refractivity (Wildman–Crippen MR) is 106 cm³/mol. The van der Waals surface area contributed by atoms with E-state index >= 15 is 0 Å². The van der Waals surface area contributed by atoms with Gasteiger partial charge in [-0.2, -0.15) is 5.01 Å². The SMILES string of the molecule is CCCCC/C=C/CC1CC(=O)N(NC(=O)/C=C/c2ccc(F)cc2Cl)C1=O. The van der Waals surface area contributed by atoms with Crippen LogP contribution in [-0.4, -0.2) is 22.7 Å². The Balaban J connectivity index is 1.87. The number of benzene rings is 1. The van der Waals surface area contributed by atoms with Gasteiger partial charge in [0.2, 0.25) is 5.91 Å². The molecule has 1 aliphatic rings. The number of halogens is 2. The molecule has 150 valence electrons. The van der Waals surface area contributed by atoms with Gasteiger partial charge >= 0.3 is 0 Å². The molecule has 0 aliphatic carbocycles. The van der Waals surface area contributed by atoms with Gasteiger partial charge in [0.05, 0.1) is 10.9 Å². The number of rotatable bonds is 9. The quantitative estimate of drug-likeness (QED) is 0.285. The van der Waals surface area contributed by atoms with Crippen molar-refractivity contribution in [3.8, 4) is 0 Å². The fourth-order valence-electron chi connectivity index (χ4n) is 2.84. The molecule has 0 bridgehead atoms. The molecule has 3 amide bonds. The minimum Gasteiger partial charge on any atom is -0.273 e. The number of carbonyl (C=O) groups is 3. The Morgan fingerprint density at radius 2 is 2.11 bits per heavy atom. The molecule has 28 heavy (non-hydrogen) atoms. The van der Waals surface area contributed by atoms with Crippen molar-refractivity contribution >= 4 is 35.4 Å². The summed E-state index contributed by atoms with van der Waals surface area (Å²) in [6.07, 6.45) is 11.4. The first-order valence-corrected chi connectivity index (χ1v) is 9.75. The lowest BCUT2D eigenvalue weighted by molar-refractivity contribution is -0.147. The second-order valence-corrected chi connectivity index (χ2v) is 7.05. The van der Waals surface area contributed by atoms with Crippen molar-refractivity contribution in [2.45, 2.75) is 45.4 Å². The number of hydrogen-bond donors (Lipinski definition) is 1. The highest BCUT2D eigenvalue weighted by molar-refractivity contribution is 6.32. The Morgan fingerprint density at radius 1 is 1.32 bits per heavy atom. The van der Waals surface area contributed by atoms with E-state index in [9.17, 15) is 18.8 Å². The molecule has 1 aliphatic heterocycles. The number of amides is 3. The molecule has 0 saturated carbocycles. The third-order valence-corrected chi connectivity index (χ3v) is 4.73. The molecule has 0 radical (unpaired) electrons. The summed E-state index contributed by atoms with van der Waals surface area (Å²) in [5, 5.41) is 0.928. The number of hydrogen-bond acceptors (Lipinski definition) is 3. The minimum atomic E-state index is -0.641. The Bertz CT molecular complexity index is 792. The molecule has 7 heteroatoms. The van der Waals surface area contributed by atoms with Crippen LogP contribution in [0, 0.1) is 11.7 Å². The van der Waals surface area contributed by atoms with Crippen LogP contribution in [0.5, 0.6) is 0 Å². The topological polar surface area (TPSA) is 66.5 Å². The number of nitrogens with one attached hydrogen (secondary N) is 1. The summed E-state index contributed by atoms with van der Waals surface area (Å²) < 4.78 is 13.0.